The van der Waals surface area contributed by atoms with Crippen molar-refractivity contribution < 1.29 is 14.3 Å². The maximum Gasteiger partial charge on any atom is 0.408 e. The number of amides is 2. The number of benzene rings is 2. The number of para-hydroxylation sites is 1. The number of carbonyl (C=O) groups is 2. The molecule has 2 N–H and O–H groups in total. The second-order valence-corrected chi connectivity index (χ2v) is 10.7. The van der Waals surface area contributed by atoms with Crippen molar-refractivity contribution in [2.45, 2.75) is 90.2 Å². The fraction of sp³-hybridized carbons (Fsp3) is 0.500. The summed E-state index contributed by atoms with van der Waals surface area (Å²) in [5.74, 6) is -0.140. The van der Waals surface area contributed by atoms with E-state index >= 15 is 0 Å². The molecular weight excluding hydrogens is 474 g/mol. The van der Waals surface area contributed by atoms with Crippen LogP contribution < -0.4 is 5.32 Å². The Hall–Kier alpha value is -3.28. The molecule has 3 aromatic rings. The highest BCUT2D eigenvalue weighted by Crippen LogP contribution is 2.24. The van der Waals surface area contributed by atoms with Crippen molar-refractivity contribution in [3.63, 3.8) is 0 Å². The van der Waals surface area contributed by atoms with Crippen LogP contribution in [0.4, 0.5) is 4.79 Å². The van der Waals surface area contributed by atoms with Gasteiger partial charge in [-0.1, -0.05) is 87.6 Å². The van der Waals surface area contributed by atoms with Gasteiger partial charge in [-0.25, -0.2) is 4.79 Å². The number of hydrogen-bond acceptors (Lipinski definition) is 3. The van der Waals surface area contributed by atoms with E-state index in [1.807, 2.05) is 55.6 Å². The minimum Gasteiger partial charge on any atom is -0.447 e. The summed E-state index contributed by atoms with van der Waals surface area (Å²) in [4.78, 5) is 31.8. The van der Waals surface area contributed by atoms with E-state index in [2.05, 4.69) is 29.4 Å². The lowest BCUT2D eigenvalue weighted by Crippen LogP contribution is -2.59. The number of nitrogens with zero attached hydrogens (tertiary/aromatic N) is 1. The summed E-state index contributed by atoms with van der Waals surface area (Å²) < 4.78 is 5.71. The maximum absolute atomic E-state index is 13.8. The van der Waals surface area contributed by atoms with Gasteiger partial charge < -0.3 is 19.9 Å². The van der Waals surface area contributed by atoms with E-state index in [1.54, 1.807) is 18.9 Å². The minimum absolute atomic E-state index is 0.140. The van der Waals surface area contributed by atoms with Gasteiger partial charge in [0.15, 0.2) is 0 Å². The van der Waals surface area contributed by atoms with Gasteiger partial charge in [0.05, 0.1) is 0 Å². The lowest BCUT2D eigenvalue weighted by Gasteiger charge is -2.33. The second-order valence-electron chi connectivity index (χ2n) is 10.7. The summed E-state index contributed by atoms with van der Waals surface area (Å²) in [5, 5.41) is 4.00. The van der Waals surface area contributed by atoms with E-state index in [-0.39, 0.29) is 12.0 Å². The Morgan fingerprint density at radius 2 is 1.68 bits per heavy atom. The molecule has 38 heavy (non-hydrogen) atoms. The van der Waals surface area contributed by atoms with Gasteiger partial charge in [0.2, 0.25) is 5.91 Å². The molecule has 1 heterocycles. The van der Waals surface area contributed by atoms with Crippen LogP contribution in [0.15, 0.2) is 60.8 Å². The summed E-state index contributed by atoms with van der Waals surface area (Å²) in [5.41, 5.74) is 1.99. The number of carbonyl (C=O) groups excluding carboxylic acids is 2. The summed E-state index contributed by atoms with van der Waals surface area (Å²) in [6.45, 7) is 6.50. The topological polar surface area (TPSA) is 74.4 Å². The smallest absolute Gasteiger partial charge is 0.408 e. The summed E-state index contributed by atoms with van der Waals surface area (Å²) in [7, 11) is 1.80. The van der Waals surface area contributed by atoms with Gasteiger partial charge in [0.25, 0.3) is 0 Å². The average molecular weight is 520 g/mol. The molecule has 0 aliphatic carbocycles. The number of nitrogens with one attached hydrogen (secondary N) is 2. The molecule has 6 nitrogen and oxygen atoms in total. The average Bonchev–Trinajstić information content (AvgIpc) is 3.31. The van der Waals surface area contributed by atoms with Crippen LogP contribution in [0.2, 0.25) is 0 Å². The van der Waals surface area contributed by atoms with Gasteiger partial charge in [-0.3, -0.25) is 4.79 Å². The first-order valence-corrected chi connectivity index (χ1v) is 14.2. The lowest BCUT2D eigenvalue weighted by molar-refractivity contribution is -0.136. The Bertz CT molecular complexity index is 1140. The zero-order chi connectivity index (χ0) is 27.4. The molecule has 2 amide bonds. The molecule has 206 valence electrons. The summed E-state index contributed by atoms with van der Waals surface area (Å²) in [6, 6.07) is 18.1. The first-order valence-electron chi connectivity index (χ1n) is 14.2. The molecule has 0 aliphatic heterocycles. The lowest BCUT2D eigenvalue weighted by atomic mass is 9.91. The highest BCUT2D eigenvalue weighted by atomic mass is 16.6. The molecule has 0 saturated heterocycles. The SMILES string of the molecule is CCCCCCCCC(C)OC(=O)NC(C)(Cc1c[nH]c2ccccc12)C(=O)N(C)CCc1ccccc1. The number of H-pyrrole nitrogens is 1. The quantitative estimate of drug-likeness (QED) is 0.212. The Morgan fingerprint density at radius 1 is 1.00 bits per heavy atom. The predicted octanol–water partition coefficient (Wildman–Crippen LogP) is 7.04. The van der Waals surface area contributed by atoms with Crippen molar-refractivity contribution >= 4 is 22.9 Å². The molecule has 1 aromatic heterocycles. The Balaban J connectivity index is 1.67. The monoisotopic (exact) mass is 519 g/mol. The van der Waals surface area contributed by atoms with Crippen LogP contribution >= 0.6 is 0 Å². The Morgan fingerprint density at radius 3 is 2.45 bits per heavy atom. The van der Waals surface area contributed by atoms with E-state index < -0.39 is 11.6 Å². The van der Waals surface area contributed by atoms with Crippen LogP contribution in [0.3, 0.4) is 0 Å². The van der Waals surface area contributed by atoms with Crippen LogP contribution in [-0.2, 0) is 22.4 Å². The van der Waals surface area contributed by atoms with Crippen molar-refractivity contribution in [2.24, 2.45) is 0 Å². The molecule has 2 atom stereocenters. The van der Waals surface area contributed by atoms with Gasteiger partial charge >= 0.3 is 6.09 Å². The highest BCUT2D eigenvalue weighted by molar-refractivity contribution is 5.91. The normalized spacial score (nSPS) is 13.6. The molecule has 0 fully saturated rings. The van der Waals surface area contributed by atoms with E-state index in [9.17, 15) is 9.59 Å². The molecule has 6 heteroatoms. The van der Waals surface area contributed by atoms with E-state index in [4.69, 9.17) is 4.74 Å². The zero-order valence-corrected chi connectivity index (χ0v) is 23.6. The van der Waals surface area contributed by atoms with Crippen LogP contribution in [0.5, 0.6) is 0 Å². The molecule has 0 bridgehead atoms. The number of rotatable bonds is 15. The molecular formula is C32H45N3O3. The van der Waals surface area contributed by atoms with Gasteiger partial charge in [-0.15, -0.1) is 0 Å². The third-order valence-corrected chi connectivity index (χ3v) is 7.27. The molecule has 3 rings (SSSR count). The minimum atomic E-state index is -1.16. The standard InChI is InChI=1S/C32H45N3O3/c1-5-6-7-8-9-11-16-25(2)38-31(37)34-32(3,23-27-24-33-29-20-15-14-19-28(27)29)30(36)35(4)22-21-26-17-12-10-13-18-26/h10,12-15,17-20,24-25,33H,5-9,11,16,21-23H2,1-4H3,(H,34,37). The third-order valence-electron chi connectivity index (χ3n) is 7.27. The number of alkyl carbamates (subject to hydrolysis) is 1. The number of aromatic amines is 1. The van der Waals surface area contributed by atoms with Crippen molar-refractivity contribution in [2.75, 3.05) is 13.6 Å². The predicted molar refractivity (Wildman–Crippen MR) is 155 cm³/mol. The van der Waals surface area contributed by atoms with Gasteiger partial charge in [0, 0.05) is 37.1 Å². The first kappa shape index (κ1) is 29.3. The molecule has 0 saturated carbocycles. The van der Waals surface area contributed by atoms with Crippen LogP contribution in [0.1, 0.15) is 76.8 Å². The van der Waals surface area contributed by atoms with E-state index in [0.717, 1.165) is 42.1 Å². The number of likely N-dealkylation sites (N-methyl/N-ethyl adjacent to an activating group) is 1. The summed E-state index contributed by atoms with van der Waals surface area (Å²) >= 11 is 0. The van der Waals surface area contributed by atoms with E-state index in [1.165, 1.54) is 31.2 Å². The Labute approximate surface area is 228 Å². The number of unbranched alkanes of at least 4 members (excludes halogenated alkanes) is 5. The van der Waals surface area contributed by atoms with Gasteiger partial charge in [-0.2, -0.15) is 0 Å². The Kier molecular flexibility index (Phi) is 11.3. The number of ether oxygens (including phenoxy) is 1. The van der Waals surface area contributed by atoms with Crippen molar-refractivity contribution in [1.82, 2.24) is 15.2 Å². The van der Waals surface area contributed by atoms with Crippen molar-refractivity contribution in [3.8, 4) is 0 Å². The maximum atomic E-state index is 13.8. The van der Waals surface area contributed by atoms with Crippen molar-refractivity contribution in [1.29, 1.82) is 0 Å². The molecule has 2 aromatic carbocycles. The van der Waals surface area contributed by atoms with Crippen LogP contribution in [-0.4, -0.2) is 47.1 Å². The highest BCUT2D eigenvalue weighted by Gasteiger charge is 2.38. The van der Waals surface area contributed by atoms with Crippen molar-refractivity contribution in [3.05, 3.63) is 71.9 Å². The number of fused-ring (bicyclic) bond motifs is 1. The molecule has 0 radical (unpaired) electrons. The third kappa shape index (κ3) is 8.64. The first-order chi connectivity index (χ1) is 18.3. The van der Waals surface area contributed by atoms with Gasteiger partial charge in [-0.05, 0) is 50.3 Å². The summed E-state index contributed by atoms with van der Waals surface area (Å²) in [6.07, 6.45) is 10.3. The van der Waals surface area contributed by atoms with E-state index in [0.29, 0.717) is 13.0 Å². The number of aromatic nitrogens is 1. The van der Waals surface area contributed by atoms with Gasteiger partial charge in [0.1, 0.15) is 11.6 Å². The number of hydrogen-bond donors (Lipinski definition) is 2. The second kappa shape index (κ2) is 14.6. The molecule has 0 spiro atoms. The largest absolute Gasteiger partial charge is 0.447 e. The molecule has 0 aliphatic rings. The van der Waals surface area contributed by atoms with Crippen LogP contribution in [0.25, 0.3) is 10.9 Å². The van der Waals surface area contributed by atoms with Crippen LogP contribution in [0, 0.1) is 0 Å². The fourth-order valence-electron chi connectivity index (χ4n) is 5.00. The molecule has 2 unspecified atom stereocenters. The fourth-order valence-corrected chi connectivity index (χ4v) is 5.00. The zero-order valence-electron chi connectivity index (χ0n) is 23.6.